The molecule has 2 aromatic carbocycles. The van der Waals surface area contributed by atoms with Crippen molar-refractivity contribution in [1.82, 2.24) is 0 Å². The molecule has 2 aromatic rings. The van der Waals surface area contributed by atoms with E-state index < -0.39 is 10.8 Å². The minimum Gasteiger partial charge on any atom is -0.399 e. The third kappa shape index (κ3) is 3.17. The highest BCUT2D eigenvalue weighted by molar-refractivity contribution is 9.10. The number of nitrogen functional groups attached to an aromatic ring is 1. The van der Waals surface area contributed by atoms with Crippen LogP contribution >= 0.6 is 15.9 Å². The van der Waals surface area contributed by atoms with E-state index in [4.69, 9.17) is 5.73 Å². The van der Waals surface area contributed by atoms with Gasteiger partial charge in [0.05, 0.1) is 16.6 Å². The highest BCUT2D eigenvalue weighted by atomic mass is 79.9. The monoisotopic (exact) mass is 327 g/mol. The lowest BCUT2D eigenvalue weighted by molar-refractivity contribution is 0.614. The predicted octanol–water partition coefficient (Wildman–Crippen LogP) is 3.48. The SMILES string of the molecule is Nc1cccc(S(=O)Cc2ccc(Br)cc2F)c1. The number of anilines is 1. The average molecular weight is 328 g/mol. The van der Waals surface area contributed by atoms with Crippen LogP contribution in [0.4, 0.5) is 10.1 Å². The van der Waals surface area contributed by atoms with Gasteiger partial charge in [-0.25, -0.2) is 4.39 Å². The Labute approximate surface area is 116 Å². The molecule has 0 saturated heterocycles. The van der Waals surface area contributed by atoms with E-state index in [1.54, 1.807) is 36.4 Å². The third-order valence-corrected chi connectivity index (χ3v) is 4.27. The fraction of sp³-hybridized carbons (Fsp3) is 0.0769. The average Bonchev–Trinajstić information content (AvgIpc) is 2.32. The number of hydrogen-bond donors (Lipinski definition) is 1. The fourth-order valence-electron chi connectivity index (χ4n) is 1.52. The van der Waals surface area contributed by atoms with E-state index in [1.165, 1.54) is 6.07 Å². The Hall–Kier alpha value is -1.20. The van der Waals surface area contributed by atoms with Gasteiger partial charge in [-0.3, -0.25) is 4.21 Å². The summed E-state index contributed by atoms with van der Waals surface area (Å²) in [6.07, 6.45) is 0. The molecule has 0 fully saturated rings. The minimum absolute atomic E-state index is 0.141. The molecule has 2 N–H and O–H groups in total. The molecule has 0 radical (unpaired) electrons. The van der Waals surface area contributed by atoms with Crippen LogP contribution in [0.2, 0.25) is 0 Å². The molecule has 0 aromatic heterocycles. The van der Waals surface area contributed by atoms with E-state index in [0.717, 1.165) is 0 Å². The van der Waals surface area contributed by atoms with Gasteiger partial charge in [0.1, 0.15) is 5.82 Å². The van der Waals surface area contributed by atoms with Gasteiger partial charge in [0.2, 0.25) is 0 Å². The maximum absolute atomic E-state index is 13.6. The van der Waals surface area contributed by atoms with Crippen molar-refractivity contribution in [3.8, 4) is 0 Å². The van der Waals surface area contributed by atoms with Crippen molar-refractivity contribution >= 4 is 32.4 Å². The summed E-state index contributed by atoms with van der Waals surface area (Å²) in [5.74, 6) is -0.218. The Balaban J connectivity index is 2.21. The Morgan fingerprint density at radius 1 is 1.22 bits per heavy atom. The first-order chi connectivity index (χ1) is 8.56. The molecule has 0 heterocycles. The van der Waals surface area contributed by atoms with Gasteiger partial charge in [-0.05, 0) is 30.3 Å². The van der Waals surface area contributed by atoms with E-state index in [0.29, 0.717) is 20.6 Å². The van der Waals surface area contributed by atoms with Crippen molar-refractivity contribution in [1.29, 1.82) is 0 Å². The van der Waals surface area contributed by atoms with E-state index in [2.05, 4.69) is 15.9 Å². The minimum atomic E-state index is -1.30. The third-order valence-electron chi connectivity index (χ3n) is 2.42. The number of nitrogens with two attached hydrogens (primary N) is 1. The van der Waals surface area contributed by atoms with Gasteiger partial charge < -0.3 is 5.73 Å². The van der Waals surface area contributed by atoms with Crippen molar-refractivity contribution in [3.05, 3.63) is 58.3 Å². The summed E-state index contributed by atoms with van der Waals surface area (Å²) in [6.45, 7) is 0. The Morgan fingerprint density at radius 3 is 2.67 bits per heavy atom. The summed E-state index contributed by atoms with van der Waals surface area (Å²) in [4.78, 5) is 0.609. The first kappa shape index (κ1) is 13.2. The Kier molecular flexibility index (Phi) is 4.14. The normalized spacial score (nSPS) is 12.3. The molecule has 0 aliphatic rings. The van der Waals surface area contributed by atoms with Crippen LogP contribution in [-0.4, -0.2) is 4.21 Å². The summed E-state index contributed by atoms with van der Waals surface area (Å²) in [5.41, 5.74) is 6.61. The van der Waals surface area contributed by atoms with Crippen LogP contribution in [0, 0.1) is 5.82 Å². The quantitative estimate of drug-likeness (QED) is 0.877. The number of rotatable bonds is 3. The molecule has 2 nitrogen and oxygen atoms in total. The van der Waals surface area contributed by atoms with Gasteiger partial charge >= 0.3 is 0 Å². The highest BCUT2D eigenvalue weighted by Gasteiger charge is 2.09. The van der Waals surface area contributed by atoms with Gasteiger partial charge in [0.15, 0.2) is 0 Å². The van der Waals surface area contributed by atoms with Gasteiger partial charge in [0, 0.05) is 20.6 Å². The van der Waals surface area contributed by atoms with Gasteiger partial charge in [-0.15, -0.1) is 0 Å². The molecule has 0 aliphatic carbocycles. The van der Waals surface area contributed by atoms with Crippen molar-refractivity contribution in [3.63, 3.8) is 0 Å². The summed E-state index contributed by atoms with van der Waals surface area (Å²) in [5, 5.41) is 0. The predicted molar refractivity (Wildman–Crippen MR) is 75.1 cm³/mol. The van der Waals surface area contributed by atoms with Crippen molar-refractivity contribution < 1.29 is 8.60 Å². The van der Waals surface area contributed by atoms with Crippen LogP contribution in [0.25, 0.3) is 0 Å². The van der Waals surface area contributed by atoms with Crippen LogP contribution in [0.15, 0.2) is 51.8 Å². The molecule has 94 valence electrons. The summed E-state index contributed by atoms with van der Waals surface area (Å²) in [6, 6.07) is 11.6. The molecule has 18 heavy (non-hydrogen) atoms. The highest BCUT2D eigenvalue weighted by Crippen LogP contribution is 2.19. The maximum atomic E-state index is 13.6. The molecule has 2 rings (SSSR count). The zero-order chi connectivity index (χ0) is 13.1. The Bertz CT molecular complexity index is 603. The zero-order valence-electron chi connectivity index (χ0n) is 9.40. The summed E-state index contributed by atoms with van der Waals surface area (Å²) < 4.78 is 26.4. The molecule has 0 bridgehead atoms. The second-order valence-electron chi connectivity index (χ2n) is 3.80. The Morgan fingerprint density at radius 2 is 2.00 bits per heavy atom. The lowest BCUT2D eigenvalue weighted by Gasteiger charge is -2.05. The smallest absolute Gasteiger partial charge is 0.128 e. The number of benzene rings is 2. The van der Waals surface area contributed by atoms with Crippen LogP contribution in [0.3, 0.4) is 0 Å². The fourth-order valence-corrected chi connectivity index (χ4v) is 3.03. The largest absolute Gasteiger partial charge is 0.399 e. The molecular weight excluding hydrogens is 317 g/mol. The second kappa shape index (κ2) is 5.63. The van der Waals surface area contributed by atoms with Crippen LogP contribution in [-0.2, 0) is 16.6 Å². The maximum Gasteiger partial charge on any atom is 0.128 e. The lowest BCUT2D eigenvalue weighted by atomic mass is 10.2. The summed E-state index contributed by atoms with van der Waals surface area (Å²) >= 11 is 3.18. The topological polar surface area (TPSA) is 43.1 Å². The van der Waals surface area contributed by atoms with Crippen molar-refractivity contribution in [2.45, 2.75) is 10.6 Å². The molecule has 0 aliphatic heterocycles. The molecule has 1 atom stereocenters. The lowest BCUT2D eigenvalue weighted by Crippen LogP contribution is -1.99. The molecule has 1 unspecified atom stereocenters. The number of halogens is 2. The van der Waals surface area contributed by atoms with E-state index in [1.807, 2.05) is 0 Å². The van der Waals surface area contributed by atoms with Crippen LogP contribution < -0.4 is 5.73 Å². The first-order valence-corrected chi connectivity index (χ1v) is 7.35. The van der Waals surface area contributed by atoms with E-state index in [-0.39, 0.29) is 11.6 Å². The molecule has 0 spiro atoms. The van der Waals surface area contributed by atoms with Crippen LogP contribution in [0.1, 0.15) is 5.56 Å². The van der Waals surface area contributed by atoms with Gasteiger partial charge in [-0.2, -0.15) is 0 Å². The first-order valence-electron chi connectivity index (χ1n) is 5.24. The number of hydrogen-bond acceptors (Lipinski definition) is 2. The molecule has 5 heteroatoms. The van der Waals surface area contributed by atoms with Gasteiger partial charge in [-0.1, -0.05) is 28.1 Å². The molecular formula is C13H11BrFNOS. The van der Waals surface area contributed by atoms with E-state index >= 15 is 0 Å². The standard InChI is InChI=1S/C13H11BrFNOS/c14-10-5-4-9(13(15)6-10)8-18(17)12-3-1-2-11(16)7-12/h1-7H,8,16H2. The molecule has 0 saturated carbocycles. The van der Waals surface area contributed by atoms with Crippen molar-refractivity contribution in [2.75, 3.05) is 5.73 Å². The zero-order valence-corrected chi connectivity index (χ0v) is 11.8. The molecule has 0 amide bonds. The van der Waals surface area contributed by atoms with Crippen LogP contribution in [0.5, 0.6) is 0 Å². The van der Waals surface area contributed by atoms with Gasteiger partial charge in [0.25, 0.3) is 0 Å². The van der Waals surface area contributed by atoms with E-state index in [9.17, 15) is 8.60 Å². The second-order valence-corrected chi connectivity index (χ2v) is 6.16. The summed E-state index contributed by atoms with van der Waals surface area (Å²) in [7, 11) is -1.30. The van der Waals surface area contributed by atoms with Crippen molar-refractivity contribution in [2.24, 2.45) is 0 Å².